The second-order valence-corrected chi connectivity index (χ2v) is 7.49. The number of carbonyl (C=O) groups excluding carboxylic acids is 1. The highest BCUT2D eigenvalue weighted by atomic mass is 35.5. The second kappa shape index (κ2) is 8.97. The van der Waals surface area contributed by atoms with Crippen molar-refractivity contribution < 1.29 is 22.9 Å². The van der Waals surface area contributed by atoms with E-state index in [0.29, 0.717) is 30.9 Å². The molecule has 0 bridgehead atoms. The van der Waals surface area contributed by atoms with Crippen LogP contribution in [0.5, 0.6) is 5.75 Å². The van der Waals surface area contributed by atoms with Crippen LogP contribution in [-0.2, 0) is 15.4 Å². The van der Waals surface area contributed by atoms with Crippen molar-refractivity contribution >= 4 is 17.8 Å². The van der Waals surface area contributed by atoms with Gasteiger partial charge in [-0.25, -0.2) is 9.18 Å². The smallest absolute Gasteiger partial charge is 0.361 e. The molecule has 2 aromatic rings. The zero-order valence-electron chi connectivity index (χ0n) is 16.5. The molecule has 29 heavy (non-hydrogen) atoms. The summed E-state index contributed by atoms with van der Waals surface area (Å²) in [7, 11) is 1.64. The first-order chi connectivity index (χ1) is 13.9. The highest BCUT2D eigenvalue weighted by molar-refractivity contribution is 6.15. The number of halogens is 2. The van der Waals surface area contributed by atoms with Gasteiger partial charge in [0, 0.05) is 37.9 Å². The molecule has 0 amide bonds. The summed E-state index contributed by atoms with van der Waals surface area (Å²) in [6, 6.07) is 5.21. The number of benzene rings is 1. The number of pyridine rings is 1. The summed E-state index contributed by atoms with van der Waals surface area (Å²) in [5.41, 5.74) is 0.197. The molecule has 0 spiro atoms. The molecule has 1 aromatic heterocycles. The van der Waals surface area contributed by atoms with E-state index in [1.807, 2.05) is 19.9 Å². The van der Waals surface area contributed by atoms with E-state index in [2.05, 4.69) is 4.29 Å². The number of fused-ring (bicyclic) bond motifs is 3. The van der Waals surface area contributed by atoms with Crippen LogP contribution in [0.1, 0.15) is 42.2 Å². The number of ether oxygens (including phenoxy) is 2. The van der Waals surface area contributed by atoms with Crippen molar-refractivity contribution in [2.45, 2.75) is 32.7 Å². The highest BCUT2D eigenvalue weighted by Crippen LogP contribution is 2.40. The van der Waals surface area contributed by atoms with Crippen molar-refractivity contribution in [3.63, 3.8) is 0 Å². The third kappa shape index (κ3) is 4.16. The predicted molar refractivity (Wildman–Crippen MR) is 107 cm³/mol. The number of methoxy groups -OCH3 is 1. The average molecular weight is 424 g/mol. The highest BCUT2D eigenvalue weighted by Gasteiger charge is 2.32. The fourth-order valence-corrected chi connectivity index (χ4v) is 3.72. The van der Waals surface area contributed by atoms with E-state index in [-0.39, 0.29) is 17.7 Å². The van der Waals surface area contributed by atoms with Gasteiger partial charge in [0.1, 0.15) is 23.2 Å². The molecule has 0 aliphatic carbocycles. The Hall–Kier alpha value is -2.38. The summed E-state index contributed by atoms with van der Waals surface area (Å²) >= 11 is 5.11. The Morgan fingerprint density at radius 2 is 2.10 bits per heavy atom. The van der Waals surface area contributed by atoms with Gasteiger partial charge in [0.25, 0.3) is 0 Å². The fraction of sp³-hybridized carbons (Fsp3) is 0.429. The summed E-state index contributed by atoms with van der Waals surface area (Å²) in [6.45, 7) is 5.11. The monoisotopic (exact) mass is 423 g/mol. The van der Waals surface area contributed by atoms with E-state index in [1.54, 1.807) is 23.8 Å². The molecule has 0 unspecified atom stereocenters. The quantitative estimate of drug-likeness (QED) is 0.626. The first-order valence-electron chi connectivity index (χ1n) is 9.41. The van der Waals surface area contributed by atoms with Crippen LogP contribution < -0.4 is 10.2 Å². The third-order valence-electron chi connectivity index (χ3n) is 5.12. The van der Waals surface area contributed by atoms with Gasteiger partial charge in [-0.3, -0.25) is 4.79 Å². The molecule has 1 aromatic carbocycles. The molecule has 0 fully saturated rings. The molecular weight excluding hydrogens is 401 g/mol. The number of hydrogen-bond acceptors (Lipinski definition) is 5. The summed E-state index contributed by atoms with van der Waals surface area (Å²) in [5.74, 6) is -1.26. The standard InChI is InChI=1S/C21H23ClFNO5/c1-12(2)17-10-13-9-14(28-8-4-7-27-3)5-6-15(13)19-18(23)20(25)16(11-24(17)19)21(26)29-22/h5-6,9,11-12,17H,4,7-8,10H2,1-3H3/t17-/m1/s1. The first-order valence-corrected chi connectivity index (χ1v) is 9.72. The van der Waals surface area contributed by atoms with Crippen LogP contribution in [0.2, 0.25) is 0 Å². The average Bonchev–Trinajstić information content (AvgIpc) is 2.71. The topological polar surface area (TPSA) is 66.8 Å². The normalized spacial score (nSPS) is 15.0. The van der Waals surface area contributed by atoms with E-state index in [0.717, 1.165) is 12.0 Å². The summed E-state index contributed by atoms with van der Waals surface area (Å²) in [5, 5.41) is 0. The minimum atomic E-state index is -1.07. The van der Waals surface area contributed by atoms with Crippen molar-refractivity contribution in [1.29, 1.82) is 0 Å². The Balaban J connectivity index is 2.08. The van der Waals surface area contributed by atoms with Crippen LogP contribution >= 0.6 is 11.9 Å². The van der Waals surface area contributed by atoms with Crippen LogP contribution in [0.25, 0.3) is 11.3 Å². The molecule has 0 saturated heterocycles. The maximum absolute atomic E-state index is 15.1. The van der Waals surface area contributed by atoms with Crippen molar-refractivity contribution in [3.05, 3.63) is 51.6 Å². The maximum Gasteiger partial charge on any atom is 0.361 e. The fourth-order valence-electron chi connectivity index (χ4n) is 3.64. The Kier molecular flexibility index (Phi) is 6.59. The predicted octanol–water partition coefficient (Wildman–Crippen LogP) is 4.13. The number of hydrogen-bond donors (Lipinski definition) is 0. The lowest BCUT2D eigenvalue weighted by Gasteiger charge is -2.33. The maximum atomic E-state index is 15.1. The molecule has 0 radical (unpaired) electrons. The largest absolute Gasteiger partial charge is 0.493 e. The van der Waals surface area contributed by atoms with Gasteiger partial charge in [-0.05, 0) is 36.1 Å². The summed E-state index contributed by atoms with van der Waals surface area (Å²) < 4.78 is 31.7. The van der Waals surface area contributed by atoms with Gasteiger partial charge >= 0.3 is 5.97 Å². The van der Waals surface area contributed by atoms with Gasteiger partial charge in [-0.1, -0.05) is 13.8 Å². The molecule has 8 heteroatoms. The minimum absolute atomic E-state index is 0.120. The van der Waals surface area contributed by atoms with Crippen LogP contribution in [0, 0.1) is 11.7 Å². The molecule has 3 rings (SSSR count). The number of carbonyl (C=O) groups is 1. The third-order valence-corrected chi connectivity index (χ3v) is 5.26. The lowest BCUT2D eigenvalue weighted by Crippen LogP contribution is -2.30. The Labute approximate surface area is 173 Å². The molecular formula is C21H23ClFNO5. The Morgan fingerprint density at radius 1 is 1.34 bits per heavy atom. The van der Waals surface area contributed by atoms with Gasteiger partial charge in [0.2, 0.25) is 5.43 Å². The van der Waals surface area contributed by atoms with Crippen LogP contribution in [0.4, 0.5) is 4.39 Å². The number of aromatic nitrogens is 1. The van der Waals surface area contributed by atoms with Crippen LogP contribution in [0.3, 0.4) is 0 Å². The lowest BCUT2D eigenvalue weighted by molar-refractivity contribution is 0.0748. The molecule has 156 valence electrons. The summed E-state index contributed by atoms with van der Waals surface area (Å²) in [4.78, 5) is 24.2. The molecule has 1 aliphatic heterocycles. The van der Waals surface area contributed by atoms with Gasteiger partial charge in [-0.15, -0.1) is 0 Å². The molecule has 0 saturated carbocycles. The van der Waals surface area contributed by atoms with Gasteiger partial charge in [-0.2, -0.15) is 0 Å². The van der Waals surface area contributed by atoms with Crippen molar-refractivity contribution in [2.75, 3.05) is 20.3 Å². The van der Waals surface area contributed by atoms with Crippen molar-refractivity contribution in [3.8, 4) is 17.0 Å². The van der Waals surface area contributed by atoms with Gasteiger partial charge in [0.15, 0.2) is 5.82 Å². The molecule has 6 nitrogen and oxygen atoms in total. The number of nitrogens with zero attached hydrogens (tertiary/aromatic N) is 1. The molecule has 0 N–H and O–H groups in total. The zero-order chi connectivity index (χ0) is 21.1. The van der Waals surface area contributed by atoms with Crippen LogP contribution in [0.15, 0.2) is 29.2 Å². The van der Waals surface area contributed by atoms with E-state index in [1.165, 1.54) is 6.20 Å². The lowest BCUT2D eigenvalue weighted by atomic mass is 9.87. The SMILES string of the molecule is COCCCOc1ccc2c(c1)C[C@H](C(C)C)n1cc(C(=O)OCl)c(=O)c(F)c1-2. The number of rotatable bonds is 7. The van der Waals surface area contributed by atoms with E-state index < -0.39 is 22.8 Å². The summed E-state index contributed by atoms with van der Waals surface area (Å²) in [6.07, 6.45) is 2.70. The van der Waals surface area contributed by atoms with E-state index >= 15 is 4.39 Å². The molecule has 2 heterocycles. The van der Waals surface area contributed by atoms with E-state index in [4.69, 9.17) is 21.3 Å². The van der Waals surface area contributed by atoms with Crippen molar-refractivity contribution in [2.24, 2.45) is 5.92 Å². The van der Waals surface area contributed by atoms with E-state index in [9.17, 15) is 9.59 Å². The first kappa shape index (κ1) is 21.3. The van der Waals surface area contributed by atoms with Crippen LogP contribution in [-0.4, -0.2) is 30.9 Å². The van der Waals surface area contributed by atoms with Gasteiger partial charge < -0.3 is 18.3 Å². The second-order valence-electron chi connectivity index (χ2n) is 7.34. The van der Waals surface area contributed by atoms with Gasteiger partial charge in [0.05, 0.1) is 12.3 Å². The Bertz CT molecular complexity index is 972. The zero-order valence-corrected chi connectivity index (χ0v) is 17.3. The van der Waals surface area contributed by atoms with Crippen molar-refractivity contribution in [1.82, 2.24) is 4.57 Å². The molecule has 1 aliphatic rings. The Morgan fingerprint density at radius 3 is 2.76 bits per heavy atom. The minimum Gasteiger partial charge on any atom is -0.493 e. The molecule has 1 atom stereocenters.